The smallest absolute Gasteiger partial charge is 0.308 e. The topological polar surface area (TPSA) is 102 Å². The third kappa shape index (κ3) is 6.87. The third-order valence-electron chi connectivity index (χ3n) is 1.88. The Balaban J connectivity index is 3.64. The van der Waals surface area contributed by atoms with Crippen LogP contribution in [0.15, 0.2) is 0 Å². The second-order valence-electron chi connectivity index (χ2n) is 3.09. The Morgan fingerprint density at radius 3 is 2.67 bits per heavy atom. The van der Waals surface area contributed by atoms with Gasteiger partial charge in [0.05, 0.1) is 12.5 Å². The van der Waals surface area contributed by atoms with Crippen molar-refractivity contribution < 1.29 is 19.4 Å². The molecule has 1 atom stereocenters. The van der Waals surface area contributed by atoms with E-state index in [1.807, 2.05) is 0 Å². The largest absolute Gasteiger partial charge is 0.481 e. The number of hydrogen-bond acceptors (Lipinski definition) is 4. The molecule has 1 unspecified atom stereocenters. The molecule has 0 aromatic rings. The average Bonchev–Trinajstić information content (AvgIpc) is 2.18. The maximum absolute atomic E-state index is 11.1. The fourth-order valence-electron chi connectivity index (χ4n) is 0.943. The van der Waals surface area contributed by atoms with Crippen LogP contribution in [0.3, 0.4) is 0 Å². The van der Waals surface area contributed by atoms with Crippen molar-refractivity contribution in [1.82, 2.24) is 5.32 Å². The van der Waals surface area contributed by atoms with E-state index in [1.54, 1.807) is 6.92 Å². The summed E-state index contributed by atoms with van der Waals surface area (Å²) in [5, 5.41) is 11.2. The third-order valence-corrected chi connectivity index (χ3v) is 1.88. The predicted molar refractivity (Wildman–Crippen MR) is 54.3 cm³/mol. The van der Waals surface area contributed by atoms with Crippen molar-refractivity contribution in [3.63, 3.8) is 0 Å². The van der Waals surface area contributed by atoms with E-state index in [2.05, 4.69) is 5.32 Å². The Bertz CT molecular complexity index is 208. The molecule has 0 saturated carbocycles. The van der Waals surface area contributed by atoms with Gasteiger partial charge in [-0.1, -0.05) is 6.92 Å². The molecule has 0 aliphatic rings. The molecule has 88 valence electrons. The van der Waals surface area contributed by atoms with E-state index in [-0.39, 0.29) is 19.1 Å². The summed E-state index contributed by atoms with van der Waals surface area (Å²) >= 11 is 0. The minimum atomic E-state index is -0.902. The summed E-state index contributed by atoms with van der Waals surface area (Å²) in [4.78, 5) is 21.7. The first-order chi connectivity index (χ1) is 7.11. The number of carboxylic acids is 1. The van der Waals surface area contributed by atoms with E-state index >= 15 is 0 Å². The molecule has 0 spiro atoms. The summed E-state index contributed by atoms with van der Waals surface area (Å²) in [5.74, 6) is -1.76. The van der Waals surface area contributed by atoms with Crippen molar-refractivity contribution in [2.75, 3.05) is 26.3 Å². The Hall–Kier alpha value is -1.14. The van der Waals surface area contributed by atoms with Crippen LogP contribution in [0.25, 0.3) is 0 Å². The number of nitrogens with two attached hydrogens (primary N) is 1. The molecule has 0 aromatic heterocycles. The van der Waals surface area contributed by atoms with Crippen molar-refractivity contribution in [3.05, 3.63) is 0 Å². The van der Waals surface area contributed by atoms with Crippen LogP contribution in [0.1, 0.15) is 13.3 Å². The first-order valence-corrected chi connectivity index (χ1v) is 4.89. The van der Waals surface area contributed by atoms with Gasteiger partial charge in [-0.05, 0) is 6.42 Å². The summed E-state index contributed by atoms with van der Waals surface area (Å²) in [6, 6.07) is 0. The van der Waals surface area contributed by atoms with E-state index in [9.17, 15) is 9.59 Å². The highest BCUT2D eigenvalue weighted by Gasteiger charge is 2.15. The van der Waals surface area contributed by atoms with E-state index in [4.69, 9.17) is 15.6 Å². The summed E-state index contributed by atoms with van der Waals surface area (Å²) < 4.78 is 4.89. The van der Waals surface area contributed by atoms with Crippen molar-refractivity contribution >= 4 is 11.9 Å². The van der Waals surface area contributed by atoms with Crippen molar-refractivity contribution in [3.8, 4) is 0 Å². The molecule has 0 rings (SSSR count). The number of nitrogens with one attached hydrogen (secondary N) is 1. The Kier molecular flexibility index (Phi) is 7.57. The molecule has 0 aliphatic heterocycles. The van der Waals surface area contributed by atoms with Crippen molar-refractivity contribution in [2.24, 2.45) is 11.7 Å². The van der Waals surface area contributed by atoms with Gasteiger partial charge < -0.3 is 20.9 Å². The average molecular weight is 218 g/mol. The molecule has 0 fully saturated rings. The van der Waals surface area contributed by atoms with E-state index in [1.165, 1.54) is 0 Å². The van der Waals surface area contributed by atoms with Gasteiger partial charge in [-0.2, -0.15) is 0 Å². The first kappa shape index (κ1) is 13.9. The molecule has 6 heteroatoms. The maximum atomic E-state index is 11.1. The summed E-state index contributed by atoms with van der Waals surface area (Å²) in [6.45, 7) is 2.50. The highest BCUT2D eigenvalue weighted by molar-refractivity contribution is 5.78. The molecule has 0 saturated heterocycles. The lowest BCUT2D eigenvalue weighted by molar-refractivity contribution is -0.141. The highest BCUT2D eigenvalue weighted by atomic mass is 16.5. The fourth-order valence-corrected chi connectivity index (χ4v) is 0.943. The number of hydrogen-bond donors (Lipinski definition) is 3. The van der Waals surface area contributed by atoms with Gasteiger partial charge in [-0.3, -0.25) is 9.59 Å². The number of rotatable bonds is 8. The molecular weight excluding hydrogens is 200 g/mol. The molecule has 15 heavy (non-hydrogen) atoms. The lowest BCUT2D eigenvalue weighted by Crippen LogP contribution is -2.35. The molecule has 0 radical (unpaired) electrons. The number of carbonyl (C=O) groups is 2. The summed E-state index contributed by atoms with van der Waals surface area (Å²) in [6.07, 6.45) is 0.485. The quantitative estimate of drug-likeness (QED) is 0.462. The number of carboxylic acid groups (broad SMARTS) is 1. The molecule has 0 aromatic carbocycles. The molecule has 0 heterocycles. The normalized spacial score (nSPS) is 12.1. The summed E-state index contributed by atoms with van der Waals surface area (Å²) in [5.41, 5.74) is 5.16. The lowest BCUT2D eigenvalue weighted by atomic mass is 10.1. The lowest BCUT2D eigenvalue weighted by Gasteiger charge is -2.10. The number of ether oxygens (including phenoxy) is 1. The van der Waals surface area contributed by atoms with Crippen LogP contribution in [-0.2, 0) is 14.3 Å². The minimum Gasteiger partial charge on any atom is -0.481 e. The Morgan fingerprint density at radius 2 is 2.20 bits per heavy atom. The van der Waals surface area contributed by atoms with Crippen LogP contribution >= 0.6 is 0 Å². The van der Waals surface area contributed by atoms with Gasteiger partial charge in [0.15, 0.2) is 0 Å². The van der Waals surface area contributed by atoms with Crippen LogP contribution < -0.4 is 11.1 Å². The van der Waals surface area contributed by atoms with Gasteiger partial charge in [-0.15, -0.1) is 0 Å². The Labute approximate surface area is 88.8 Å². The zero-order chi connectivity index (χ0) is 11.7. The fraction of sp³-hybridized carbons (Fsp3) is 0.778. The van der Waals surface area contributed by atoms with Crippen LogP contribution in [0.4, 0.5) is 0 Å². The van der Waals surface area contributed by atoms with E-state index < -0.39 is 11.9 Å². The standard InChI is InChI=1S/C9H18N2O4/c1-2-7(9(13)14)5-11-8(12)6-15-4-3-10/h7H,2-6,10H2,1H3,(H,11,12)(H,13,14). The van der Waals surface area contributed by atoms with Crippen molar-refractivity contribution in [1.29, 1.82) is 0 Å². The zero-order valence-corrected chi connectivity index (χ0v) is 8.86. The van der Waals surface area contributed by atoms with Crippen LogP contribution in [0.2, 0.25) is 0 Å². The Morgan fingerprint density at radius 1 is 1.53 bits per heavy atom. The van der Waals surface area contributed by atoms with Gasteiger partial charge in [0.2, 0.25) is 5.91 Å². The van der Waals surface area contributed by atoms with Crippen LogP contribution in [0.5, 0.6) is 0 Å². The van der Waals surface area contributed by atoms with E-state index in [0.29, 0.717) is 19.6 Å². The van der Waals surface area contributed by atoms with Gasteiger partial charge in [0.25, 0.3) is 0 Å². The molecule has 4 N–H and O–H groups in total. The number of aliphatic carboxylic acids is 1. The minimum absolute atomic E-state index is 0.0761. The number of carbonyl (C=O) groups excluding carboxylic acids is 1. The van der Waals surface area contributed by atoms with Crippen LogP contribution in [0, 0.1) is 5.92 Å². The predicted octanol–water partition coefficient (Wildman–Crippen LogP) is -0.811. The molecule has 0 aliphatic carbocycles. The van der Waals surface area contributed by atoms with Gasteiger partial charge in [0, 0.05) is 13.1 Å². The maximum Gasteiger partial charge on any atom is 0.308 e. The highest BCUT2D eigenvalue weighted by Crippen LogP contribution is 1.99. The second kappa shape index (κ2) is 8.19. The molecule has 0 bridgehead atoms. The van der Waals surface area contributed by atoms with E-state index in [0.717, 1.165) is 0 Å². The molecule has 1 amide bonds. The monoisotopic (exact) mass is 218 g/mol. The first-order valence-electron chi connectivity index (χ1n) is 4.89. The zero-order valence-electron chi connectivity index (χ0n) is 8.86. The SMILES string of the molecule is CCC(CNC(=O)COCCN)C(=O)O. The van der Waals surface area contributed by atoms with Gasteiger partial charge in [0.1, 0.15) is 6.61 Å². The molecule has 6 nitrogen and oxygen atoms in total. The summed E-state index contributed by atoms with van der Waals surface area (Å²) in [7, 11) is 0. The van der Waals surface area contributed by atoms with Crippen molar-refractivity contribution in [2.45, 2.75) is 13.3 Å². The van der Waals surface area contributed by atoms with Crippen LogP contribution in [-0.4, -0.2) is 43.3 Å². The number of amides is 1. The van der Waals surface area contributed by atoms with Gasteiger partial charge >= 0.3 is 5.97 Å². The second-order valence-corrected chi connectivity index (χ2v) is 3.09. The van der Waals surface area contributed by atoms with Gasteiger partial charge in [-0.25, -0.2) is 0 Å². The molecular formula is C9H18N2O4.